The number of nitrogens with zero attached hydrogens (tertiary/aromatic N) is 7. The van der Waals surface area contributed by atoms with Crippen LogP contribution in [0.4, 0.5) is 0 Å². The average molecular weight is 367 g/mol. The van der Waals surface area contributed by atoms with Crippen LogP contribution in [0, 0.1) is 6.92 Å². The van der Waals surface area contributed by atoms with E-state index in [1.165, 1.54) is 0 Å². The quantitative estimate of drug-likeness (QED) is 0.485. The van der Waals surface area contributed by atoms with Crippen LogP contribution in [-0.4, -0.2) is 34.9 Å². The molecule has 5 aromatic rings. The number of hydrogen-bond donors (Lipinski definition) is 0. The number of benzene rings is 1. The van der Waals surface area contributed by atoms with E-state index >= 15 is 0 Å². The summed E-state index contributed by atoms with van der Waals surface area (Å²) in [7, 11) is 0. The Labute approximate surface area is 161 Å². The second kappa shape index (κ2) is 6.77. The third kappa shape index (κ3) is 3.07. The van der Waals surface area contributed by atoms with E-state index in [0.717, 1.165) is 33.4 Å². The number of pyridine rings is 2. The molecule has 0 saturated heterocycles. The lowest BCUT2D eigenvalue weighted by molar-refractivity contribution is 0.663. The monoisotopic (exact) mass is 367 g/mol. The first-order valence-electron chi connectivity index (χ1n) is 9.05. The molecule has 4 heterocycles. The van der Waals surface area contributed by atoms with Crippen LogP contribution < -0.4 is 0 Å². The van der Waals surface area contributed by atoms with E-state index in [0.29, 0.717) is 24.3 Å². The van der Waals surface area contributed by atoms with Gasteiger partial charge in [-0.3, -0.25) is 9.97 Å². The fourth-order valence-electron chi connectivity index (χ4n) is 3.25. The maximum absolute atomic E-state index is 4.75. The third-order valence-corrected chi connectivity index (χ3v) is 4.74. The van der Waals surface area contributed by atoms with Crippen LogP contribution in [0.1, 0.15) is 22.5 Å². The highest BCUT2D eigenvalue weighted by atomic mass is 15.4. The Morgan fingerprint density at radius 1 is 0.964 bits per heavy atom. The molecule has 0 unspecified atom stereocenters. The minimum Gasteiger partial charge on any atom is -0.261 e. The first-order valence-corrected chi connectivity index (χ1v) is 9.05. The molecule has 7 nitrogen and oxygen atoms in total. The summed E-state index contributed by atoms with van der Waals surface area (Å²) in [5.74, 6) is 0. The van der Waals surface area contributed by atoms with E-state index < -0.39 is 0 Å². The predicted molar refractivity (Wildman–Crippen MR) is 106 cm³/mol. The first-order chi connectivity index (χ1) is 13.8. The molecule has 0 atom stereocenters. The van der Waals surface area contributed by atoms with E-state index in [-0.39, 0.29) is 0 Å². The summed E-state index contributed by atoms with van der Waals surface area (Å²) >= 11 is 0. The van der Waals surface area contributed by atoms with Crippen molar-refractivity contribution in [2.45, 2.75) is 19.9 Å². The van der Waals surface area contributed by atoms with Gasteiger partial charge in [0, 0.05) is 29.9 Å². The van der Waals surface area contributed by atoms with Gasteiger partial charge in [-0.2, -0.15) is 0 Å². The molecule has 0 spiro atoms. The van der Waals surface area contributed by atoms with Crippen molar-refractivity contribution < 1.29 is 0 Å². The zero-order valence-electron chi connectivity index (χ0n) is 15.3. The SMILES string of the molecule is Cc1cccnc1Cc1cnc2nnn(Cc3ccc4ncccc4c3)c2n1. The van der Waals surface area contributed by atoms with Gasteiger partial charge in [0.15, 0.2) is 5.65 Å². The third-order valence-electron chi connectivity index (χ3n) is 4.74. The second-order valence-corrected chi connectivity index (χ2v) is 6.73. The summed E-state index contributed by atoms with van der Waals surface area (Å²) < 4.78 is 1.79. The van der Waals surface area contributed by atoms with Gasteiger partial charge in [-0.05, 0) is 42.3 Å². The standard InChI is InChI=1S/C21H17N7/c1-14-4-2-8-23-19(14)11-17-12-24-20-21(25-17)28(27-26-20)13-15-6-7-18-16(10-15)5-3-9-22-18/h2-10,12H,11,13H2,1H3. The van der Waals surface area contributed by atoms with Crippen LogP contribution in [0.3, 0.4) is 0 Å². The van der Waals surface area contributed by atoms with Crippen LogP contribution in [0.15, 0.2) is 61.1 Å². The van der Waals surface area contributed by atoms with Crippen molar-refractivity contribution in [2.24, 2.45) is 0 Å². The molecule has 0 fully saturated rings. The lowest BCUT2D eigenvalue weighted by Gasteiger charge is -2.06. The van der Waals surface area contributed by atoms with Gasteiger partial charge in [0.25, 0.3) is 0 Å². The Morgan fingerprint density at radius 2 is 1.86 bits per heavy atom. The van der Waals surface area contributed by atoms with Crippen molar-refractivity contribution >= 4 is 22.2 Å². The van der Waals surface area contributed by atoms with E-state index in [1.807, 2.05) is 18.2 Å². The number of rotatable bonds is 4. The van der Waals surface area contributed by atoms with Gasteiger partial charge in [-0.1, -0.05) is 23.4 Å². The molecule has 0 N–H and O–H groups in total. The molecule has 0 radical (unpaired) electrons. The minimum absolute atomic E-state index is 0.545. The van der Waals surface area contributed by atoms with Gasteiger partial charge in [0.05, 0.1) is 24.0 Å². The summed E-state index contributed by atoms with van der Waals surface area (Å²) in [6.07, 6.45) is 5.97. The van der Waals surface area contributed by atoms with Gasteiger partial charge in [0.1, 0.15) is 0 Å². The molecule has 136 valence electrons. The molecule has 7 heteroatoms. The van der Waals surface area contributed by atoms with Crippen molar-refractivity contribution in [1.82, 2.24) is 34.9 Å². The van der Waals surface area contributed by atoms with Gasteiger partial charge in [0.2, 0.25) is 5.65 Å². The Balaban J connectivity index is 1.48. The molecular formula is C21H17N7. The maximum Gasteiger partial charge on any atom is 0.221 e. The van der Waals surface area contributed by atoms with Crippen LogP contribution in [0.25, 0.3) is 22.2 Å². The smallest absolute Gasteiger partial charge is 0.221 e. The Morgan fingerprint density at radius 3 is 2.79 bits per heavy atom. The van der Waals surface area contributed by atoms with E-state index in [9.17, 15) is 0 Å². The van der Waals surface area contributed by atoms with Crippen LogP contribution in [0.5, 0.6) is 0 Å². The number of hydrogen-bond acceptors (Lipinski definition) is 6. The van der Waals surface area contributed by atoms with Gasteiger partial charge < -0.3 is 0 Å². The molecule has 0 amide bonds. The normalized spacial score (nSPS) is 11.3. The minimum atomic E-state index is 0.545. The largest absolute Gasteiger partial charge is 0.261 e. The second-order valence-electron chi connectivity index (χ2n) is 6.73. The van der Waals surface area contributed by atoms with Crippen LogP contribution in [-0.2, 0) is 13.0 Å². The van der Waals surface area contributed by atoms with Crippen molar-refractivity contribution in [1.29, 1.82) is 0 Å². The molecule has 0 aliphatic heterocycles. The summed E-state index contributed by atoms with van der Waals surface area (Å²) in [5.41, 5.74) is 6.29. The highest BCUT2D eigenvalue weighted by Gasteiger charge is 2.11. The topological polar surface area (TPSA) is 82.3 Å². The fraction of sp³-hybridized carbons (Fsp3) is 0.143. The van der Waals surface area contributed by atoms with Crippen LogP contribution in [0.2, 0.25) is 0 Å². The van der Waals surface area contributed by atoms with E-state index in [4.69, 9.17) is 4.98 Å². The molecule has 4 aromatic heterocycles. The lowest BCUT2D eigenvalue weighted by Crippen LogP contribution is -2.05. The highest BCUT2D eigenvalue weighted by Crippen LogP contribution is 2.16. The molecule has 5 rings (SSSR count). The molecule has 0 aliphatic carbocycles. The average Bonchev–Trinajstić information content (AvgIpc) is 3.12. The summed E-state index contributed by atoms with van der Waals surface area (Å²) in [6, 6.07) is 14.2. The van der Waals surface area contributed by atoms with Gasteiger partial charge in [-0.15, -0.1) is 5.10 Å². The van der Waals surface area contributed by atoms with Crippen molar-refractivity contribution in [3.05, 3.63) is 83.6 Å². The summed E-state index contributed by atoms with van der Waals surface area (Å²) in [5, 5.41) is 9.50. The molecule has 0 bridgehead atoms. The van der Waals surface area contributed by atoms with E-state index in [2.05, 4.69) is 56.5 Å². The number of fused-ring (bicyclic) bond motifs is 2. The first kappa shape index (κ1) is 16.4. The fourth-order valence-corrected chi connectivity index (χ4v) is 3.25. The van der Waals surface area contributed by atoms with Crippen LogP contribution >= 0.6 is 0 Å². The molecule has 0 saturated carbocycles. The predicted octanol–water partition coefficient (Wildman–Crippen LogP) is 3.11. The van der Waals surface area contributed by atoms with Crippen molar-refractivity contribution in [3.63, 3.8) is 0 Å². The summed E-state index contributed by atoms with van der Waals surface area (Å²) in [6.45, 7) is 2.62. The molecule has 28 heavy (non-hydrogen) atoms. The molecule has 0 aliphatic rings. The maximum atomic E-state index is 4.75. The molecular weight excluding hydrogens is 350 g/mol. The van der Waals surface area contributed by atoms with Gasteiger partial charge >= 0.3 is 0 Å². The Kier molecular flexibility index (Phi) is 3.97. The Bertz CT molecular complexity index is 1290. The van der Waals surface area contributed by atoms with E-state index in [1.54, 1.807) is 23.3 Å². The molecule has 1 aromatic carbocycles. The zero-order valence-corrected chi connectivity index (χ0v) is 15.3. The number of aryl methyl sites for hydroxylation is 1. The highest BCUT2D eigenvalue weighted by molar-refractivity contribution is 5.79. The van der Waals surface area contributed by atoms with Gasteiger partial charge in [-0.25, -0.2) is 14.6 Å². The Hall–Kier alpha value is -3.74. The van der Waals surface area contributed by atoms with Crippen molar-refractivity contribution in [3.8, 4) is 0 Å². The summed E-state index contributed by atoms with van der Waals surface area (Å²) in [4.78, 5) is 18.0. The zero-order chi connectivity index (χ0) is 18.9. The lowest BCUT2D eigenvalue weighted by atomic mass is 10.1. The van der Waals surface area contributed by atoms with Crippen molar-refractivity contribution in [2.75, 3.05) is 0 Å². The number of aromatic nitrogens is 7.